The molecule has 0 saturated carbocycles. The monoisotopic (exact) mass is 401 g/mol. The summed E-state index contributed by atoms with van der Waals surface area (Å²) >= 11 is 0. The maximum atomic E-state index is 12.9. The molecule has 0 aliphatic rings. The van der Waals surface area contributed by atoms with E-state index in [-0.39, 0.29) is 11.5 Å². The van der Waals surface area contributed by atoms with Crippen LogP contribution in [0.25, 0.3) is 0 Å². The van der Waals surface area contributed by atoms with E-state index in [1.54, 1.807) is 60.5 Å². The van der Waals surface area contributed by atoms with Gasteiger partial charge in [0.2, 0.25) is 9.84 Å². The number of anilines is 1. The molecule has 0 radical (unpaired) electrons. The number of esters is 1. The fourth-order valence-corrected chi connectivity index (χ4v) is 3.71. The Morgan fingerprint density at radius 2 is 2.00 bits per heavy atom. The van der Waals surface area contributed by atoms with E-state index in [2.05, 4.69) is 10.4 Å². The molecule has 0 unspecified atom stereocenters. The largest absolute Gasteiger partial charge is 0.467 e. The lowest BCUT2D eigenvalue weighted by atomic mass is 10.4. The molecule has 1 N–H and O–H groups in total. The summed E-state index contributed by atoms with van der Waals surface area (Å²) in [6.07, 6.45) is 4.22. The summed E-state index contributed by atoms with van der Waals surface area (Å²) in [7, 11) is -4.06. The summed E-state index contributed by atoms with van der Waals surface area (Å²) in [4.78, 5) is 11.8. The second-order valence-corrected chi connectivity index (χ2v) is 7.56. The number of nitrogens with zero attached hydrogens (tertiary/aromatic N) is 2. The first-order chi connectivity index (χ1) is 13.5. The van der Waals surface area contributed by atoms with Crippen molar-refractivity contribution in [1.29, 1.82) is 0 Å². The van der Waals surface area contributed by atoms with Crippen molar-refractivity contribution in [2.24, 2.45) is 0 Å². The van der Waals surface area contributed by atoms with Crippen LogP contribution in [0.1, 0.15) is 12.7 Å². The maximum Gasteiger partial charge on any atom is 0.351 e. The van der Waals surface area contributed by atoms with Crippen molar-refractivity contribution in [3.05, 3.63) is 77.9 Å². The molecule has 2 heterocycles. The Morgan fingerprint density at radius 3 is 2.68 bits per heavy atom. The molecule has 0 fully saturated rings. The van der Waals surface area contributed by atoms with Gasteiger partial charge in [-0.3, -0.25) is 0 Å². The van der Waals surface area contributed by atoms with E-state index in [1.165, 1.54) is 12.1 Å². The van der Waals surface area contributed by atoms with Crippen LogP contribution in [0.15, 0.2) is 81.4 Å². The summed E-state index contributed by atoms with van der Waals surface area (Å²) in [5, 5.41) is 7.01. The van der Waals surface area contributed by atoms with E-state index in [9.17, 15) is 13.2 Å². The predicted molar refractivity (Wildman–Crippen MR) is 102 cm³/mol. The molecule has 2 aromatic heterocycles. The minimum Gasteiger partial charge on any atom is -0.467 e. The van der Waals surface area contributed by atoms with Crippen LogP contribution in [0.3, 0.4) is 0 Å². The minimum atomic E-state index is -4.06. The number of ether oxygens (including phenoxy) is 1. The summed E-state index contributed by atoms with van der Waals surface area (Å²) in [5.41, 5.74) is 0. The second-order valence-electron chi connectivity index (χ2n) is 5.64. The number of rotatable bonds is 8. The quantitative estimate of drug-likeness (QED) is 0.457. The SMILES string of the molecule is CCOC(=O)C(=CNc1ccnn1Cc1ccco1)S(=O)(=O)c1ccccc1. The van der Waals surface area contributed by atoms with Crippen molar-refractivity contribution >= 4 is 21.6 Å². The van der Waals surface area contributed by atoms with Gasteiger partial charge in [-0.25, -0.2) is 17.9 Å². The molecular weight excluding hydrogens is 382 g/mol. The van der Waals surface area contributed by atoms with Crippen LogP contribution < -0.4 is 5.32 Å². The van der Waals surface area contributed by atoms with Crippen molar-refractivity contribution < 1.29 is 22.4 Å². The highest BCUT2D eigenvalue weighted by atomic mass is 32.2. The average Bonchev–Trinajstić information content (AvgIpc) is 3.35. The Labute approximate surface area is 162 Å². The van der Waals surface area contributed by atoms with Crippen LogP contribution in [0, 0.1) is 0 Å². The molecule has 0 aliphatic carbocycles. The molecule has 8 nitrogen and oxygen atoms in total. The van der Waals surface area contributed by atoms with Crippen LogP contribution in [0.2, 0.25) is 0 Å². The van der Waals surface area contributed by atoms with Gasteiger partial charge in [0.15, 0.2) is 4.91 Å². The summed E-state index contributed by atoms with van der Waals surface area (Å²) in [5.74, 6) is 0.232. The number of hydrogen-bond acceptors (Lipinski definition) is 7. The van der Waals surface area contributed by atoms with Gasteiger partial charge in [-0.1, -0.05) is 18.2 Å². The number of nitrogens with one attached hydrogen (secondary N) is 1. The zero-order valence-corrected chi connectivity index (χ0v) is 15.9. The molecule has 3 aromatic rings. The molecule has 3 rings (SSSR count). The fraction of sp³-hybridized carbons (Fsp3) is 0.158. The van der Waals surface area contributed by atoms with Gasteiger partial charge < -0.3 is 14.5 Å². The first-order valence-corrected chi connectivity index (χ1v) is 9.99. The molecule has 0 atom stereocenters. The van der Waals surface area contributed by atoms with Crippen LogP contribution in [-0.2, 0) is 25.9 Å². The topological polar surface area (TPSA) is 103 Å². The van der Waals surface area contributed by atoms with Crippen molar-refractivity contribution in [1.82, 2.24) is 9.78 Å². The van der Waals surface area contributed by atoms with Crippen LogP contribution in [0.4, 0.5) is 5.82 Å². The van der Waals surface area contributed by atoms with Crippen molar-refractivity contribution in [3.63, 3.8) is 0 Å². The highest BCUT2D eigenvalue weighted by Gasteiger charge is 2.28. The minimum absolute atomic E-state index is 0.000182. The Hall–Kier alpha value is -3.33. The number of carbonyl (C=O) groups is 1. The average molecular weight is 401 g/mol. The number of benzene rings is 1. The molecule has 0 amide bonds. The molecule has 0 aliphatic heterocycles. The molecule has 28 heavy (non-hydrogen) atoms. The van der Waals surface area contributed by atoms with Gasteiger partial charge in [-0.05, 0) is 31.2 Å². The molecule has 0 saturated heterocycles. The summed E-state index contributed by atoms with van der Waals surface area (Å²) < 4.78 is 37.6. The number of hydrogen-bond donors (Lipinski definition) is 1. The summed E-state index contributed by atoms with van der Waals surface area (Å²) in [6.45, 7) is 2.00. The second kappa shape index (κ2) is 8.57. The lowest BCUT2D eigenvalue weighted by molar-refractivity contribution is -0.137. The first-order valence-electron chi connectivity index (χ1n) is 8.50. The number of aromatic nitrogens is 2. The molecule has 0 bridgehead atoms. The zero-order valence-electron chi connectivity index (χ0n) is 15.1. The maximum absolute atomic E-state index is 12.9. The Morgan fingerprint density at radius 1 is 1.21 bits per heavy atom. The third-order valence-electron chi connectivity index (χ3n) is 3.77. The lowest BCUT2D eigenvalue weighted by Gasteiger charge is -2.10. The Balaban J connectivity index is 1.91. The standard InChI is InChI=1S/C19H19N3O5S/c1-2-26-19(23)17(28(24,25)16-8-4-3-5-9-16)13-20-18-10-11-21-22(18)14-15-7-6-12-27-15/h3-13,20H,2,14H2,1H3. The van der Waals surface area contributed by atoms with Gasteiger partial charge in [0, 0.05) is 12.3 Å². The van der Waals surface area contributed by atoms with E-state index in [1.807, 2.05) is 0 Å². The highest BCUT2D eigenvalue weighted by Crippen LogP contribution is 2.21. The van der Waals surface area contributed by atoms with Gasteiger partial charge in [0.1, 0.15) is 18.1 Å². The first kappa shape index (κ1) is 19.4. The van der Waals surface area contributed by atoms with E-state index in [4.69, 9.17) is 9.15 Å². The smallest absolute Gasteiger partial charge is 0.351 e. The third-order valence-corrected chi connectivity index (χ3v) is 5.53. The van der Waals surface area contributed by atoms with Crippen LogP contribution in [-0.4, -0.2) is 30.8 Å². The number of carbonyl (C=O) groups excluding carboxylic acids is 1. The third kappa shape index (κ3) is 4.32. The summed E-state index contributed by atoms with van der Waals surface area (Å²) in [6, 6.07) is 12.9. The number of sulfone groups is 1. The Bertz CT molecular complexity index is 1050. The van der Waals surface area contributed by atoms with Crippen LogP contribution in [0.5, 0.6) is 0 Å². The Kier molecular flexibility index (Phi) is 5.95. The van der Waals surface area contributed by atoms with Crippen LogP contribution >= 0.6 is 0 Å². The highest BCUT2D eigenvalue weighted by molar-refractivity contribution is 7.96. The normalized spacial score (nSPS) is 12.0. The van der Waals surface area contributed by atoms with E-state index >= 15 is 0 Å². The predicted octanol–water partition coefficient (Wildman–Crippen LogP) is 2.81. The van der Waals surface area contributed by atoms with E-state index in [0.29, 0.717) is 18.1 Å². The molecular formula is C19H19N3O5S. The van der Waals surface area contributed by atoms with E-state index < -0.39 is 20.7 Å². The fourth-order valence-electron chi connectivity index (χ4n) is 2.45. The zero-order chi connectivity index (χ0) is 20.0. The van der Waals surface area contributed by atoms with Gasteiger partial charge in [0.25, 0.3) is 0 Å². The lowest BCUT2D eigenvalue weighted by Crippen LogP contribution is -2.18. The van der Waals surface area contributed by atoms with Gasteiger partial charge >= 0.3 is 5.97 Å². The van der Waals surface area contributed by atoms with Gasteiger partial charge in [0.05, 0.1) is 24.0 Å². The van der Waals surface area contributed by atoms with Crippen molar-refractivity contribution in [2.45, 2.75) is 18.4 Å². The van der Waals surface area contributed by atoms with E-state index in [0.717, 1.165) is 6.20 Å². The molecule has 1 aromatic carbocycles. The van der Waals surface area contributed by atoms with Gasteiger partial charge in [-0.2, -0.15) is 5.10 Å². The van der Waals surface area contributed by atoms with Crippen molar-refractivity contribution in [3.8, 4) is 0 Å². The molecule has 146 valence electrons. The number of furan rings is 1. The molecule has 0 spiro atoms. The van der Waals surface area contributed by atoms with Gasteiger partial charge in [-0.15, -0.1) is 0 Å². The molecule has 9 heteroatoms. The van der Waals surface area contributed by atoms with Crippen molar-refractivity contribution in [2.75, 3.05) is 11.9 Å².